The zero-order valence-electron chi connectivity index (χ0n) is 7.14. The highest BCUT2D eigenvalue weighted by molar-refractivity contribution is 5.15. The highest BCUT2D eigenvalue weighted by Gasteiger charge is 2.39. The average molecular weight is 163 g/mol. The Balaban J connectivity index is 2.10. The van der Waals surface area contributed by atoms with Gasteiger partial charge in [-0.15, -0.1) is 0 Å². The zero-order valence-corrected chi connectivity index (χ0v) is 7.14. The van der Waals surface area contributed by atoms with Crippen LogP contribution in [0.1, 0.15) is 25.0 Å². The third-order valence-corrected chi connectivity index (χ3v) is 2.60. The van der Waals surface area contributed by atoms with Crippen molar-refractivity contribution in [1.82, 2.24) is 4.98 Å². The Morgan fingerprint density at radius 3 is 2.92 bits per heavy atom. The minimum Gasteiger partial charge on any atom is -0.388 e. The van der Waals surface area contributed by atoms with E-state index in [0.717, 1.165) is 12.0 Å². The predicted molar refractivity (Wildman–Crippen MR) is 46.5 cm³/mol. The second-order valence-electron chi connectivity index (χ2n) is 3.61. The smallest absolute Gasteiger partial charge is 0.0835 e. The van der Waals surface area contributed by atoms with Gasteiger partial charge in [0.1, 0.15) is 0 Å². The van der Waals surface area contributed by atoms with E-state index in [-0.39, 0.29) is 6.10 Å². The van der Waals surface area contributed by atoms with Crippen molar-refractivity contribution in [2.45, 2.75) is 19.4 Å². The second kappa shape index (κ2) is 2.87. The molecule has 1 aliphatic carbocycles. The van der Waals surface area contributed by atoms with Crippen LogP contribution in [0.25, 0.3) is 0 Å². The van der Waals surface area contributed by atoms with Crippen LogP contribution < -0.4 is 0 Å². The number of hydrogen-bond acceptors (Lipinski definition) is 2. The first-order valence-corrected chi connectivity index (χ1v) is 4.37. The summed E-state index contributed by atoms with van der Waals surface area (Å²) in [6, 6.07) is 3.80. The first-order valence-electron chi connectivity index (χ1n) is 4.37. The van der Waals surface area contributed by atoms with Gasteiger partial charge < -0.3 is 5.11 Å². The molecule has 0 aliphatic heterocycles. The first-order chi connectivity index (χ1) is 5.79. The molecule has 2 nitrogen and oxygen atoms in total. The molecule has 2 heteroatoms. The summed E-state index contributed by atoms with van der Waals surface area (Å²) in [5.74, 6) is 1.15. The van der Waals surface area contributed by atoms with Gasteiger partial charge in [0.05, 0.1) is 6.10 Å². The molecule has 3 atom stereocenters. The van der Waals surface area contributed by atoms with Crippen molar-refractivity contribution in [2.75, 3.05) is 0 Å². The normalized spacial score (nSPS) is 29.8. The number of nitrogens with zero attached hydrogens (tertiary/aromatic N) is 1. The van der Waals surface area contributed by atoms with Gasteiger partial charge in [-0.2, -0.15) is 0 Å². The summed E-state index contributed by atoms with van der Waals surface area (Å²) in [5.41, 5.74) is 0.951. The van der Waals surface area contributed by atoms with E-state index in [9.17, 15) is 5.11 Å². The molecular formula is C10H13NO. The Bertz CT molecular complexity index is 260. The third kappa shape index (κ3) is 1.34. The molecule has 0 bridgehead atoms. The molecule has 0 amide bonds. The third-order valence-electron chi connectivity index (χ3n) is 2.60. The van der Waals surface area contributed by atoms with Crippen LogP contribution in [-0.4, -0.2) is 10.1 Å². The molecule has 64 valence electrons. The minimum atomic E-state index is -0.298. The summed E-state index contributed by atoms with van der Waals surface area (Å²) in [6.45, 7) is 2.17. The van der Waals surface area contributed by atoms with E-state index in [0.29, 0.717) is 11.8 Å². The van der Waals surface area contributed by atoms with Gasteiger partial charge in [0.15, 0.2) is 0 Å². The van der Waals surface area contributed by atoms with E-state index < -0.39 is 0 Å². The fraction of sp³-hybridized carbons (Fsp3) is 0.500. The molecule has 1 saturated carbocycles. The van der Waals surface area contributed by atoms with Gasteiger partial charge in [0.2, 0.25) is 0 Å². The SMILES string of the molecule is CC1CC1C(O)c1cccnc1. The first kappa shape index (κ1) is 7.74. The second-order valence-corrected chi connectivity index (χ2v) is 3.61. The molecule has 1 fully saturated rings. The lowest BCUT2D eigenvalue weighted by atomic mass is 10.1. The van der Waals surface area contributed by atoms with Crippen LogP contribution in [0.3, 0.4) is 0 Å². The molecule has 1 aliphatic rings. The fourth-order valence-corrected chi connectivity index (χ4v) is 1.59. The van der Waals surface area contributed by atoms with Crippen LogP contribution >= 0.6 is 0 Å². The lowest BCUT2D eigenvalue weighted by molar-refractivity contribution is 0.148. The van der Waals surface area contributed by atoms with Crippen LogP contribution in [0.2, 0.25) is 0 Å². The molecule has 12 heavy (non-hydrogen) atoms. The van der Waals surface area contributed by atoms with Gasteiger partial charge in [-0.25, -0.2) is 0 Å². The predicted octanol–water partition coefficient (Wildman–Crippen LogP) is 1.77. The summed E-state index contributed by atoms with van der Waals surface area (Å²) < 4.78 is 0. The Kier molecular flexibility index (Phi) is 1.85. The molecule has 3 unspecified atom stereocenters. The van der Waals surface area contributed by atoms with Crippen molar-refractivity contribution in [1.29, 1.82) is 0 Å². The van der Waals surface area contributed by atoms with E-state index in [4.69, 9.17) is 0 Å². The van der Waals surface area contributed by atoms with Crippen molar-refractivity contribution in [3.63, 3.8) is 0 Å². The Morgan fingerprint density at radius 1 is 1.67 bits per heavy atom. The molecule has 1 heterocycles. The van der Waals surface area contributed by atoms with Crippen LogP contribution in [0.4, 0.5) is 0 Å². The quantitative estimate of drug-likeness (QED) is 0.720. The number of pyridine rings is 1. The molecule has 1 aromatic rings. The van der Waals surface area contributed by atoms with Gasteiger partial charge in [-0.3, -0.25) is 4.98 Å². The summed E-state index contributed by atoms with van der Waals surface area (Å²) in [7, 11) is 0. The van der Waals surface area contributed by atoms with E-state index in [1.54, 1.807) is 12.4 Å². The van der Waals surface area contributed by atoms with Crippen molar-refractivity contribution < 1.29 is 5.11 Å². The Hall–Kier alpha value is -0.890. The molecule has 1 N–H and O–H groups in total. The molecule has 0 spiro atoms. The van der Waals surface area contributed by atoms with E-state index >= 15 is 0 Å². The maximum absolute atomic E-state index is 9.79. The number of hydrogen-bond donors (Lipinski definition) is 1. The molecule has 0 aromatic carbocycles. The van der Waals surface area contributed by atoms with Crippen LogP contribution in [-0.2, 0) is 0 Å². The number of aliphatic hydroxyl groups excluding tert-OH is 1. The van der Waals surface area contributed by atoms with Crippen molar-refractivity contribution in [3.05, 3.63) is 30.1 Å². The highest BCUT2D eigenvalue weighted by Crippen LogP contribution is 2.46. The molecule has 1 aromatic heterocycles. The topological polar surface area (TPSA) is 33.1 Å². The summed E-state index contributed by atoms with van der Waals surface area (Å²) in [5, 5.41) is 9.79. The Labute approximate surface area is 72.3 Å². The number of aliphatic hydroxyl groups is 1. The van der Waals surface area contributed by atoms with Crippen LogP contribution in [0.15, 0.2) is 24.5 Å². The lowest BCUT2D eigenvalue weighted by Gasteiger charge is -2.08. The maximum atomic E-state index is 9.79. The molecule has 0 saturated heterocycles. The van der Waals surface area contributed by atoms with E-state index in [1.807, 2.05) is 12.1 Å². The summed E-state index contributed by atoms with van der Waals surface area (Å²) in [6.07, 6.45) is 4.33. The van der Waals surface area contributed by atoms with Gasteiger partial charge in [0.25, 0.3) is 0 Å². The molecule has 0 radical (unpaired) electrons. The highest BCUT2D eigenvalue weighted by atomic mass is 16.3. The standard InChI is InChI=1S/C10H13NO/c1-7-5-9(7)10(12)8-3-2-4-11-6-8/h2-4,6-7,9-10,12H,5H2,1H3. The Morgan fingerprint density at radius 2 is 2.42 bits per heavy atom. The van der Waals surface area contributed by atoms with Crippen LogP contribution in [0.5, 0.6) is 0 Å². The van der Waals surface area contributed by atoms with Gasteiger partial charge in [-0.05, 0) is 29.9 Å². The lowest BCUT2D eigenvalue weighted by Crippen LogP contribution is -2.00. The minimum absolute atomic E-state index is 0.298. The molecular weight excluding hydrogens is 150 g/mol. The van der Waals surface area contributed by atoms with Crippen molar-refractivity contribution in [3.8, 4) is 0 Å². The van der Waals surface area contributed by atoms with Gasteiger partial charge >= 0.3 is 0 Å². The van der Waals surface area contributed by atoms with Crippen molar-refractivity contribution in [2.24, 2.45) is 11.8 Å². The maximum Gasteiger partial charge on any atom is 0.0835 e. The van der Waals surface area contributed by atoms with Crippen LogP contribution in [0, 0.1) is 11.8 Å². The van der Waals surface area contributed by atoms with E-state index in [1.165, 1.54) is 0 Å². The zero-order chi connectivity index (χ0) is 8.55. The molecule has 2 rings (SSSR count). The summed E-state index contributed by atoms with van der Waals surface area (Å²) >= 11 is 0. The summed E-state index contributed by atoms with van der Waals surface area (Å²) in [4.78, 5) is 3.98. The monoisotopic (exact) mass is 163 g/mol. The van der Waals surface area contributed by atoms with Gasteiger partial charge in [-0.1, -0.05) is 13.0 Å². The number of rotatable bonds is 2. The number of aromatic nitrogens is 1. The largest absolute Gasteiger partial charge is 0.388 e. The van der Waals surface area contributed by atoms with Gasteiger partial charge in [0, 0.05) is 12.4 Å². The van der Waals surface area contributed by atoms with E-state index in [2.05, 4.69) is 11.9 Å². The average Bonchev–Trinajstić information content (AvgIpc) is 2.83. The fourth-order valence-electron chi connectivity index (χ4n) is 1.59. The van der Waals surface area contributed by atoms with Crippen molar-refractivity contribution >= 4 is 0 Å².